The van der Waals surface area contributed by atoms with Gasteiger partial charge in [0.2, 0.25) is 10.0 Å². The van der Waals surface area contributed by atoms with E-state index in [2.05, 4.69) is 10.0 Å². The predicted molar refractivity (Wildman–Crippen MR) is 119 cm³/mol. The zero-order valence-electron chi connectivity index (χ0n) is 18.2. The fraction of sp³-hybridized carbons (Fsp3) is 0.364. The topological polar surface area (TPSA) is 105 Å². The molecule has 0 aliphatic carbocycles. The van der Waals surface area contributed by atoms with Gasteiger partial charge >= 0.3 is 0 Å². The maximum Gasteiger partial charge on any atom is 0.259 e. The molecular formula is C22H29N3O5S. The largest absolute Gasteiger partial charge is 0.484 e. The van der Waals surface area contributed by atoms with E-state index in [0.29, 0.717) is 23.4 Å². The lowest BCUT2D eigenvalue weighted by atomic mass is 10.1. The highest BCUT2D eigenvalue weighted by Gasteiger charge is 2.13. The number of rotatable bonds is 10. The van der Waals surface area contributed by atoms with Crippen molar-refractivity contribution in [2.24, 2.45) is 0 Å². The Hall–Kier alpha value is -2.91. The van der Waals surface area contributed by atoms with Crippen LogP contribution in [0.15, 0.2) is 48.5 Å². The molecule has 2 aromatic carbocycles. The Morgan fingerprint density at radius 1 is 1.03 bits per heavy atom. The van der Waals surface area contributed by atoms with Crippen LogP contribution in [-0.4, -0.2) is 51.9 Å². The van der Waals surface area contributed by atoms with Crippen molar-refractivity contribution in [1.29, 1.82) is 0 Å². The highest BCUT2D eigenvalue weighted by Crippen LogP contribution is 2.14. The molecule has 0 saturated heterocycles. The van der Waals surface area contributed by atoms with Crippen molar-refractivity contribution in [3.05, 3.63) is 65.2 Å². The van der Waals surface area contributed by atoms with E-state index in [4.69, 9.17) is 4.74 Å². The molecule has 0 aromatic heterocycles. The number of carbonyl (C=O) groups excluding carboxylic acids is 2. The van der Waals surface area contributed by atoms with Crippen LogP contribution in [-0.2, 0) is 27.1 Å². The number of ether oxygens (including phenoxy) is 1. The van der Waals surface area contributed by atoms with Crippen LogP contribution in [0, 0.1) is 0 Å². The summed E-state index contributed by atoms with van der Waals surface area (Å²) in [6.45, 7) is 3.73. The summed E-state index contributed by atoms with van der Waals surface area (Å²) in [5.74, 6) is -0.118. The maximum absolute atomic E-state index is 12.4. The summed E-state index contributed by atoms with van der Waals surface area (Å²) < 4.78 is 32.0. The van der Waals surface area contributed by atoms with Gasteiger partial charge in [0, 0.05) is 32.2 Å². The number of likely N-dealkylation sites (N-methyl/N-ethyl adjacent to an activating group) is 1. The van der Waals surface area contributed by atoms with Gasteiger partial charge in [-0.05, 0) is 43.2 Å². The SMILES string of the molecule is CC(C)NS(=O)(=O)Cc1ccc(CNC(=O)c2cccc(OCC(=O)N(C)C)c2)cc1. The van der Waals surface area contributed by atoms with E-state index in [0.717, 1.165) is 5.56 Å². The van der Waals surface area contributed by atoms with Crippen molar-refractivity contribution in [2.45, 2.75) is 32.2 Å². The fourth-order valence-corrected chi connectivity index (χ4v) is 4.09. The average Bonchev–Trinajstić information content (AvgIpc) is 2.70. The van der Waals surface area contributed by atoms with Crippen molar-refractivity contribution >= 4 is 21.8 Å². The van der Waals surface area contributed by atoms with Crippen LogP contribution in [0.25, 0.3) is 0 Å². The first-order valence-corrected chi connectivity index (χ1v) is 11.5. The molecule has 0 aliphatic rings. The molecule has 2 rings (SSSR count). The van der Waals surface area contributed by atoms with E-state index in [1.54, 1.807) is 76.5 Å². The molecule has 0 unspecified atom stereocenters. The molecule has 0 spiro atoms. The smallest absolute Gasteiger partial charge is 0.259 e. The van der Waals surface area contributed by atoms with Gasteiger partial charge < -0.3 is 15.0 Å². The second kappa shape index (κ2) is 10.9. The molecule has 2 aromatic rings. The van der Waals surface area contributed by atoms with Crippen molar-refractivity contribution in [1.82, 2.24) is 14.9 Å². The van der Waals surface area contributed by atoms with Crippen molar-refractivity contribution in [3.8, 4) is 5.75 Å². The van der Waals surface area contributed by atoms with Gasteiger partial charge in [0.1, 0.15) is 5.75 Å². The third kappa shape index (κ3) is 8.39. The lowest BCUT2D eigenvalue weighted by molar-refractivity contribution is -0.130. The Bertz CT molecular complexity index is 1000. The monoisotopic (exact) mass is 447 g/mol. The highest BCUT2D eigenvalue weighted by molar-refractivity contribution is 7.88. The number of nitrogens with zero attached hydrogens (tertiary/aromatic N) is 1. The lowest BCUT2D eigenvalue weighted by Gasteiger charge is -2.12. The van der Waals surface area contributed by atoms with Gasteiger partial charge in [0.15, 0.2) is 6.61 Å². The van der Waals surface area contributed by atoms with Gasteiger partial charge in [-0.1, -0.05) is 30.3 Å². The number of sulfonamides is 1. The molecule has 9 heteroatoms. The maximum atomic E-state index is 12.4. The van der Waals surface area contributed by atoms with Crippen molar-refractivity contribution in [2.75, 3.05) is 20.7 Å². The lowest BCUT2D eigenvalue weighted by Crippen LogP contribution is -2.31. The van der Waals surface area contributed by atoms with E-state index in [9.17, 15) is 18.0 Å². The average molecular weight is 448 g/mol. The van der Waals surface area contributed by atoms with E-state index in [1.807, 2.05) is 0 Å². The summed E-state index contributed by atoms with van der Waals surface area (Å²) >= 11 is 0. The summed E-state index contributed by atoms with van der Waals surface area (Å²) in [6, 6.07) is 13.5. The number of hydrogen-bond donors (Lipinski definition) is 2. The van der Waals surface area contributed by atoms with Crippen LogP contribution in [0.1, 0.15) is 35.3 Å². The summed E-state index contributed by atoms with van der Waals surface area (Å²) in [5, 5.41) is 2.82. The van der Waals surface area contributed by atoms with E-state index < -0.39 is 10.0 Å². The Balaban J connectivity index is 1.91. The summed E-state index contributed by atoms with van der Waals surface area (Å²) in [4.78, 5) is 25.5. The zero-order valence-corrected chi connectivity index (χ0v) is 19.0. The minimum absolute atomic E-state index is 0.0963. The Morgan fingerprint density at radius 3 is 2.29 bits per heavy atom. The van der Waals surface area contributed by atoms with E-state index >= 15 is 0 Å². The number of benzene rings is 2. The van der Waals surface area contributed by atoms with Crippen LogP contribution in [0.4, 0.5) is 0 Å². The first kappa shape index (κ1) is 24.4. The third-order valence-electron chi connectivity index (χ3n) is 4.21. The summed E-state index contributed by atoms with van der Waals surface area (Å²) in [7, 11) is -0.0981. The number of amides is 2. The quantitative estimate of drug-likeness (QED) is 0.579. The predicted octanol–water partition coefficient (Wildman–Crippen LogP) is 1.91. The molecule has 8 nitrogen and oxygen atoms in total. The first-order chi connectivity index (χ1) is 14.6. The number of nitrogens with one attached hydrogen (secondary N) is 2. The minimum atomic E-state index is -3.38. The van der Waals surface area contributed by atoms with Crippen molar-refractivity contribution < 1.29 is 22.7 Å². The van der Waals surface area contributed by atoms with Crippen LogP contribution in [0.5, 0.6) is 5.75 Å². The molecule has 0 saturated carbocycles. The summed E-state index contributed by atoms with van der Waals surface area (Å²) in [6.07, 6.45) is 0. The van der Waals surface area contributed by atoms with Gasteiger partial charge in [-0.3, -0.25) is 9.59 Å². The number of hydrogen-bond acceptors (Lipinski definition) is 5. The third-order valence-corrected chi connectivity index (χ3v) is 5.75. The first-order valence-electron chi connectivity index (χ1n) is 9.85. The molecule has 0 aliphatic heterocycles. The van der Waals surface area contributed by atoms with Crippen LogP contribution >= 0.6 is 0 Å². The van der Waals surface area contributed by atoms with Gasteiger partial charge in [-0.15, -0.1) is 0 Å². The van der Waals surface area contributed by atoms with E-state index in [-0.39, 0.29) is 30.2 Å². The molecular weight excluding hydrogens is 418 g/mol. The zero-order chi connectivity index (χ0) is 23.0. The highest BCUT2D eigenvalue weighted by atomic mass is 32.2. The molecule has 168 valence electrons. The van der Waals surface area contributed by atoms with Gasteiger partial charge in [-0.2, -0.15) is 0 Å². The van der Waals surface area contributed by atoms with Crippen LogP contribution in [0.2, 0.25) is 0 Å². The van der Waals surface area contributed by atoms with Crippen LogP contribution < -0.4 is 14.8 Å². The Labute approximate surface area is 183 Å². The van der Waals surface area contributed by atoms with Gasteiger partial charge in [0.25, 0.3) is 11.8 Å². The number of carbonyl (C=O) groups is 2. The summed E-state index contributed by atoms with van der Waals surface area (Å²) in [5.41, 5.74) is 1.92. The van der Waals surface area contributed by atoms with Crippen LogP contribution in [0.3, 0.4) is 0 Å². The molecule has 0 bridgehead atoms. The van der Waals surface area contributed by atoms with E-state index in [1.165, 1.54) is 4.90 Å². The Morgan fingerprint density at radius 2 is 1.68 bits per heavy atom. The molecule has 2 N–H and O–H groups in total. The fourth-order valence-electron chi connectivity index (χ4n) is 2.66. The molecule has 0 fully saturated rings. The minimum Gasteiger partial charge on any atom is -0.484 e. The molecule has 31 heavy (non-hydrogen) atoms. The normalized spacial score (nSPS) is 11.3. The standard InChI is InChI=1S/C22H29N3O5S/c1-16(2)24-31(28,29)15-18-10-8-17(9-11-18)13-23-22(27)19-6-5-7-20(12-19)30-14-21(26)25(3)4/h5-12,16,24H,13-15H2,1-4H3,(H,23,27). The molecule has 0 radical (unpaired) electrons. The molecule has 2 amide bonds. The second-order valence-electron chi connectivity index (χ2n) is 7.64. The van der Waals surface area contributed by atoms with Gasteiger partial charge in [-0.25, -0.2) is 13.1 Å². The Kier molecular flexibility index (Phi) is 8.58. The van der Waals surface area contributed by atoms with Crippen molar-refractivity contribution in [3.63, 3.8) is 0 Å². The molecule has 0 atom stereocenters. The van der Waals surface area contributed by atoms with Gasteiger partial charge in [0.05, 0.1) is 5.75 Å². The second-order valence-corrected chi connectivity index (χ2v) is 9.39. The molecule has 0 heterocycles.